The molecule has 0 aliphatic rings. The van der Waals surface area contributed by atoms with E-state index in [1.807, 2.05) is 38.1 Å². The summed E-state index contributed by atoms with van der Waals surface area (Å²) in [6.07, 6.45) is 0. The number of methoxy groups -OCH3 is 1. The van der Waals surface area contributed by atoms with Crippen LogP contribution in [-0.2, 0) is 11.3 Å². The monoisotopic (exact) mass is 408 g/mol. The molecular formula is C20H22Cl2N2O3. The van der Waals surface area contributed by atoms with Crippen LogP contribution in [0.2, 0.25) is 10.0 Å². The van der Waals surface area contributed by atoms with Crippen LogP contribution in [-0.4, -0.2) is 25.0 Å². The molecule has 0 spiro atoms. The molecule has 0 fully saturated rings. The van der Waals surface area contributed by atoms with Gasteiger partial charge in [0.2, 0.25) is 5.91 Å². The van der Waals surface area contributed by atoms with Gasteiger partial charge in [0.15, 0.2) is 0 Å². The van der Waals surface area contributed by atoms with Crippen molar-refractivity contribution in [1.29, 1.82) is 0 Å². The summed E-state index contributed by atoms with van der Waals surface area (Å²) in [7, 11) is 1.60. The molecule has 2 amide bonds. The fraction of sp³-hybridized carbons (Fsp3) is 0.300. The standard InChI is InChI=1S/C20H22Cl2N2O3/c1-12(2)18(24-19(25)16-9-6-14(21)10-17(16)22)20(26)23-11-13-4-7-15(27-3)8-5-13/h4-10,12,18H,11H2,1-3H3,(H,23,26)(H,24,25)/t18-/m0/s1. The van der Waals surface area contributed by atoms with Crippen molar-refractivity contribution in [3.8, 4) is 5.75 Å². The van der Waals surface area contributed by atoms with Crippen LogP contribution in [0.15, 0.2) is 42.5 Å². The Morgan fingerprint density at radius 1 is 1.07 bits per heavy atom. The van der Waals surface area contributed by atoms with Crippen molar-refractivity contribution in [3.63, 3.8) is 0 Å². The molecular weight excluding hydrogens is 387 g/mol. The summed E-state index contributed by atoms with van der Waals surface area (Å²) in [5, 5.41) is 6.27. The number of hydrogen-bond donors (Lipinski definition) is 2. The lowest BCUT2D eigenvalue weighted by Crippen LogP contribution is -2.49. The average Bonchev–Trinajstić information content (AvgIpc) is 2.64. The minimum atomic E-state index is -0.692. The molecule has 0 heterocycles. The minimum Gasteiger partial charge on any atom is -0.497 e. The van der Waals surface area contributed by atoms with Gasteiger partial charge in [0.05, 0.1) is 17.7 Å². The van der Waals surface area contributed by atoms with Gasteiger partial charge in [-0.05, 0) is 41.8 Å². The molecule has 0 bridgehead atoms. The molecule has 0 saturated carbocycles. The molecule has 0 unspecified atom stereocenters. The number of rotatable bonds is 7. The highest BCUT2D eigenvalue weighted by Gasteiger charge is 2.25. The van der Waals surface area contributed by atoms with Gasteiger partial charge in [-0.2, -0.15) is 0 Å². The van der Waals surface area contributed by atoms with Gasteiger partial charge in [0.1, 0.15) is 11.8 Å². The molecule has 0 saturated heterocycles. The van der Waals surface area contributed by atoms with Gasteiger partial charge in [0.25, 0.3) is 5.91 Å². The third-order valence-corrected chi connectivity index (χ3v) is 4.59. The Kier molecular flexibility index (Phi) is 7.51. The van der Waals surface area contributed by atoms with Crippen molar-refractivity contribution in [2.24, 2.45) is 5.92 Å². The molecule has 144 valence electrons. The Morgan fingerprint density at radius 2 is 1.74 bits per heavy atom. The normalized spacial score (nSPS) is 11.8. The number of ether oxygens (including phenoxy) is 1. The minimum absolute atomic E-state index is 0.101. The van der Waals surface area contributed by atoms with Gasteiger partial charge in [0, 0.05) is 11.6 Å². The second-order valence-electron chi connectivity index (χ2n) is 6.39. The van der Waals surface area contributed by atoms with Crippen molar-refractivity contribution in [2.45, 2.75) is 26.4 Å². The van der Waals surface area contributed by atoms with Gasteiger partial charge < -0.3 is 15.4 Å². The zero-order valence-corrected chi connectivity index (χ0v) is 16.9. The summed E-state index contributed by atoms with van der Waals surface area (Å²) in [5.74, 6) is -0.0395. The fourth-order valence-corrected chi connectivity index (χ4v) is 2.96. The third-order valence-electron chi connectivity index (χ3n) is 4.04. The van der Waals surface area contributed by atoms with Crippen molar-refractivity contribution in [3.05, 3.63) is 63.6 Å². The average molecular weight is 409 g/mol. The van der Waals surface area contributed by atoms with Gasteiger partial charge in [-0.3, -0.25) is 9.59 Å². The molecule has 27 heavy (non-hydrogen) atoms. The second-order valence-corrected chi connectivity index (χ2v) is 7.23. The summed E-state index contributed by atoms with van der Waals surface area (Å²) in [4.78, 5) is 25.1. The summed E-state index contributed by atoms with van der Waals surface area (Å²) in [6.45, 7) is 4.08. The van der Waals surface area contributed by atoms with E-state index in [9.17, 15) is 9.59 Å². The van der Waals surface area contributed by atoms with Crippen LogP contribution in [0.3, 0.4) is 0 Å². The number of halogens is 2. The molecule has 2 aromatic rings. The van der Waals surface area contributed by atoms with Crippen molar-refractivity contribution in [1.82, 2.24) is 10.6 Å². The lowest BCUT2D eigenvalue weighted by molar-refractivity contribution is -0.124. The summed E-state index contributed by atoms with van der Waals surface area (Å²) in [5.41, 5.74) is 1.20. The van der Waals surface area contributed by atoms with E-state index in [1.165, 1.54) is 12.1 Å². The second kappa shape index (κ2) is 9.62. The van der Waals surface area contributed by atoms with Crippen LogP contribution >= 0.6 is 23.2 Å². The Labute approximate surface area is 169 Å². The predicted molar refractivity (Wildman–Crippen MR) is 107 cm³/mol. The first kappa shape index (κ1) is 21.1. The highest BCUT2D eigenvalue weighted by molar-refractivity contribution is 6.36. The van der Waals surface area contributed by atoms with Gasteiger partial charge >= 0.3 is 0 Å². The molecule has 7 heteroatoms. The molecule has 2 rings (SSSR count). The Bertz CT molecular complexity index is 807. The highest BCUT2D eigenvalue weighted by Crippen LogP contribution is 2.21. The quantitative estimate of drug-likeness (QED) is 0.725. The van der Waals surface area contributed by atoms with Gasteiger partial charge in [-0.1, -0.05) is 49.2 Å². The maximum absolute atomic E-state index is 12.6. The SMILES string of the molecule is COc1ccc(CNC(=O)[C@@H](NC(=O)c2ccc(Cl)cc2Cl)C(C)C)cc1. The highest BCUT2D eigenvalue weighted by atomic mass is 35.5. The van der Waals surface area contributed by atoms with Gasteiger partial charge in [-0.15, -0.1) is 0 Å². The van der Waals surface area contributed by atoms with Crippen LogP contribution in [0.1, 0.15) is 29.8 Å². The first-order valence-corrected chi connectivity index (χ1v) is 9.24. The number of hydrogen-bond acceptors (Lipinski definition) is 3. The zero-order valence-electron chi connectivity index (χ0n) is 15.4. The van der Waals surface area contributed by atoms with E-state index in [0.717, 1.165) is 11.3 Å². The first-order valence-electron chi connectivity index (χ1n) is 8.48. The molecule has 2 aromatic carbocycles. The van der Waals surface area contributed by atoms with Crippen molar-refractivity contribution in [2.75, 3.05) is 7.11 Å². The number of nitrogens with one attached hydrogen (secondary N) is 2. The van der Waals surface area contributed by atoms with Crippen LogP contribution < -0.4 is 15.4 Å². The largest absolute Gasteiger partial charge is 0.497 e. The van der Waals surface area contributed by atoms with E-state index in [-0.39, 0.29) is 22.4 Å². The van der Waals surface area contributed by atoms with E-state index in [4.69, 9.17) is 27.9 Å². The van der Waals surface area contributed by atoms with E-state index in [2.05, 4.69) is 10.6 Å². The molecule has 5 nitrogen and oxygen atoms in total. The Balaban J connectivity index is 2.02. The van der Waals surface area contributed by atoms with E-state index in [1.54, 1.807) is 13.2 Å². The van der Waals surface area contributed by atoms with Crippen molar-refractivity contribution >= 4 is 35.0 Å². The molecule has 0 radical (unpaired) electrons. The van der Waals surface area contributed by atoms with Crippen LogP contribution in [0.4, 0.5) is 0 Å². The van der Waals surface area contributed by atoms with Crippen LogP contribution in [0.25, 0.3) is 0 Å². The van der Waals surface area contributed by atoms with E-state index >= 15 is 0 Å². The molecule has 0 aliphatic heterocycles. The Morgan fingerprint density at radius 3 is 2.30 bits per heavy atom. The molecule has 0 aromatic heterocycles. The lowest BCUT2D eigenvalue weighted by Gasteiger charge is -2.22. The van der Waals surface area contributed by atoms with Crippen LogP contribution in [0.5, 0.6) is 5.75 Å². The molecule has 0 aliphatic carbocycles. The summed E-state index contributed by atoms with van der Waals surface area (Å²) in [6, 6.07) is 11.3. The maximum Gasteiger partial charge on any atom is 0.253 e. The Hall–Kier alpha value is -2.24. The zero-order chi connectivity index (χ0) is 20.0. The number of benzene rings is 2. The summed E-state index contributed by atoms with van der Waals surface area (Å²) >= 11 is 11.9. The summed E-state index contributed by atoms with van der Waals surface area (Å²) < 4.78 is 5.11. The predicted octanol–water partition coefficient (Wildman–Crippen LogP) is 4.07. The van der Waals surface area contributed by atoms with Gasteiger partial charge in [-0.25, -0.2) is 0 Å². The first-order chi connectivity index (χ1) is 12.8. The molecule has 2 N–H and O–H groups in total. The fourth-order valence-electron chi connectivity index (χ4n) is 2.47. The van der Waals surface area contributed by atoms with E-state index in [0.29, 0.717) is 11.6 Å². The van der Waals surface area contributed by atoms with Crippen molar-refractivity contribution < 1.29 is 14.3 Å². The number of carbonyl (C=O) groups excluding carboxylic acids is 2. The topological polar surface area (TPSA) is 67.4 Å². The van der Waals surface area contributed by atoms with Crippen LogP contribution in [0, 0.1) is 5.92 Å². The number of carbonyl (C=O) groups is 2. The third kappa shape index (κ3) is 5.88. The maximum atomic E-state index is 12.6. The number of amides is 2. The molecule has 1 atom stereocenters. The lowest BCUT2D eigenvalue weighted by atomic mass is 10.0. The smallest absolute Gasteiger partial charge is 0.253 e. The van der Waals surface area contributed by atoms with E-state index < -0.39 is 11.9 Å².